The molecule has 0 amide bonds. The molecule has 0 bridgehead atoms. The van der Waals surface area contributed by atoms with Crippen LogP contribution in [0.3, 0.4) is 0 Å². The van der Waals surface area contributed by atoms with Gasteiger partial charge in [-0.1, -0.05) is 127 Å². The van der Waals surface area contributed by atoms with Gasteiger partial charge in [-0.05, 0) is 12.8 Å². The van der Waals surface area contributed by atoms with Gasteiger partial charge >= 0.3 is 0 Å². The average Bonchev–Trinajstić information content (AvgIpc) is 3.01. The third-order valence-corrected chi connectivity index (χ3v) is 7.89. The number of ether oxygens (including phenoxy) is 3. The van der Waals surface area contributed by atoms with E-state index in [0.717, 1.165) is 29.6 Å². The topological polar surface area (TPSA) is 49.7 Å². The molecular weight excluding hydrogens is 510 g/mol. The fourth-order valence-corrected chi connectivity index (χ4v) is 5.57. The van der Waals surface area contributed by atoms with Crippen LogP contribution in [0.4, 0.5) is 0 Å². The minimum Gasteiger partial charge on any atom is -0.497 e. The van der Waals surface area contributed by atoms with Gasteiger partial charge < -0.3 is 18.8 Å². The number of benzene rings is 2. The summed E-state index contributed by atoms with van der Waals surface area (Å²) in [5.41, 5.74) is 2.16. The zero-order chi connectivity index (χ0) is 29.3. The van der Waals surface area contributed by atoms with Crippen molar-refractivity contribution in [1.82, 2.24) is 4.57 Å². The molecular formula is C36H51NO4. The van der Waals surface area contributed by atoms with Gasteiger partial charge in [-0.15, -0.1) is 0 Å². The summed E-state index contributed by atoms with van der Waals surface area (Å²) in [6, 6.07) is 13.5. The first-order valence-corrected chi connectivity index (χ1v) is 15.8. The maximum absolute atomic E-state index is 13.6. The number of unbranched alkanes of at least 4 members (excludes halogenated alkanes) is 14. The van der Waals surface area contributed by atoms with E-state index >= 15 is 0 Å². The molecule has 2 aromatic carbocycles. The highest BCUT2D eigenvalue weighted by Gasteiger charge is 2.22. The van der Waals surface area contributed by atoms with Crippen LogP contribution in [0.15, 0.2) is 53.3 Å². The Morgan fingerprint density at radius 1 is 0.707 bits per heavy atom. The molecule has 0 spiro atoms. The molecule has 1 heterocycles. The maximum Gasteiger partial charge on any atom is 0.235 e. The Morgan fingerprint density at radius 2 is 1.29 bits per heavy atom. The number of methoxy groups -OCH3 is 3. The predicted molar refractivity (Wildman–Crippen MR) is 174 cm³/mol. The third-order valence-electron chi connectivity index (χ3n) is 7.89. The first kappa shape index (κ1) is 32.3. The largest absolute Gasteiger partial charge is 0.497 e. The zero-order valence-electron chi connectivity index (χ0n) is 25.9. The monoisotopic (exact) mass is 561 g/mol. The molecule has 0 aliphatic carbocycles. The predicted octanol–water partition coefficient (Wildman–Crippen LogP) is 10.0. The van der Waals surface area contributed by atoms with Crippen LogP contribution >= 0.6 is 0 Å². The van der Waals surface area contributed by atoms with Crippen molar-refractivity contribution >= 4 is 17.1 Å². The third kappa shape index (κ3) is 9.41. The molecule has 0 aliphatic rings. The molecule has 3 aromatic rings. The Morgan fingerprint density at radius 3 is 1.83 bits per heavy atom. The van der Waals surface area contributed by atoms with E-state index in [-0.39, 0.29) is 5.43 Å². The highest BCUT2D eigenvalue weighted by atomic mass is 16.5. The summed E-state index contributed by atoms with van der Waals surface area (Å²) in [5, 5.41) is 0.478. The van der Waals surface area contributed by atoms with E-state index in [4.69, 9.17) is 14.2 Å². The van der Waals surface area contributed by atoms with E-state index in [1.54, 1.807) is 27.4 Å². The summed E-state index contributed by atoms with van der Waals surface area (Å²) in [6.07, 6.45) is 24.2. The van der Waals surface area contributed by atoms with Gasteiger partial charge in [0.2, 0.25) is 5.43 Å². The number of rotatable bonds is 20. The Bertz CT molecular complexity index is 1260. The summed E-state index contributed by atoms with van der Waals surface area (Å²) < 4.78 is 18.9. The Kier molecular flexibility index (Phi) is 14.4. The van der Waals surface area contributed by atoms with E-state index in [1.807, 2.05) is 41.0 Å². The van der Waals surface area contributed by atoms with E-state index in [1.165, 1.54) is 83.5 Å². The standard InChI is InChI=1S/C36H51NO4/c1-5-6-7-8-9-10-11-12-13-14-15-16-17-18-19-23-26-37-31-27-30(39-2)28-32(40-3)33(31)35(38)36(41-4)34(37)29-24-21-20-22-25-29/h20-28H,5-19H2,1-4H3. The van der Waals surface area contributed by atoms with Crippen molar-refractivity contribution in [2.45, 2.75) is 103 Å². The lowest BCUT2D eigenvalue weighted by molar-refractivity contribution is 0.396. The number of fused-ring (bicyclic) bond motifs is 1. The lowest BCUT2D eigenvalue weighted by Gasteiger charge is -2.19. The summed E-state index contributed by atoms with van der Waals surface area (Å²) in [6.45, 7) is 2.28. The van der Waals surface area contributed by atoms with E-state index < -0.39 is 0 Å². The Balaban J connectivity index is 1.62. The molecule has 224 valence electrons. The van der Waals surface area contributed by atoms with Gasteiger partial charge in [0.25, 0.3) is 0 Å². The van der Waals surface area contributed by atoms with E-state index in [0.29, 0.717) is 22.6 Å². The minimum absolute atomic E-state index is 0.197. The zero-order valence-corrected chi connectivity index (χ0v) is 25.9. The minimum atomic E-state index is -0.197. The second kappa shape index (κ2) is 18.3. The van der Waals surface area contributed by atoms with Gasteiger partial charge in [0.1, 0.15) is 11.5 Å². The van der Waals surface area contributed by atoms with Crippen LogP contribution in [0.5, 0.6) is 17.2 Å². The van der Waals surface area contributed by atoms with Gasteiger partial charge in [0.05, 0.1) is 37.9 Å². The number of hydrogen-bond donors (Lipinski definition) is 0. The summed E-state index contributed by atoms with van der Waals surface area (Å²) in [4.78, 5) is 13.6. The van der Waals surface area contributed by atoms with Gasteiger partial charge in [-0.3, -0.25) is 4.79 Å². The number of allylic oxidation sites excluding steroid dienone is 1. The van der Waals surface area contributed by atoms with Gasteiger partial charge in [-0.2, -0.15) is 0 Å². The van der Waals surface area contributed by atoms with Crippen molar-refractivity contribution < 1.29 is 14.2 Å². The summed E-state index contributed by atoms with van der Waals surface area (Å²) in [5.74, 6) is 1.40. The molecule has 5 nitrogen and oxygen atoms in total. The van der Waals surface area contributed by atoms with Crippen LogP contribution in [0, 0.1) is 0 Å². The fourth-order valence-electron chi connectivity index (χ4n) is 5.57. The number of aromatic nitrogens is 1. The summed E-state index contributed by atoms with van der Waals surface area (Å²) in [7, 11) is 4.74. The first-order chi connectivity index (χ1) is 20.2. The lowest BCUT2D eigenvalue weighted by Crippen LogP contribution is -2.14. The van der Waals surface area contributed by atoms with Crippen molar-refractivity contribution in [3.8, 4) is 28.5 Å². The molecule has 0 atom stereocenters. The second-order valence-electron chi connectivity index (χ2n) is 10.9. The van der Waals surface area contributed by atoms with Crippen molar-refractivity contribution in [2.75, 3.05) is 21.3 Å². The van der Waals surface area contributed by atoms with Crippen molar-refractivity contribution in [3.63, 3.8) is 0 Å². The molecule has 0 unspecified atom stereocenters. The SMILES string of the molecule is CCCCCCCCCCCCCCCCC=Cn1c(-c2ccccc2)c(OC)c(=O)c2c(OC)cc(OC)cc21. The van der Waals surface area contributed by atoms with Gasteiger partial charge in [0, 0.05) is 23.9 Å². The van der Waals surface area contributed by atoms with Crippen LogP contribution in [0.2, 0.25) is 0 Å². The van der Waals surface area contributed by atoms with Crippen LogP contribution in [0.25, 0.3) is 28.4 Å². The molecule has 41 heavy (non-hydrogen) atoms. The second-order valence-corrected chi connectivity index (χ2v) is 10.9. The normalized spacial score (nSPS) is 11.4. The molecule has 0 radical (unpaired) electrons. The quantitative estimate of drug-likeness (QED) is 0.129. The van der Waals surface area contributed by atoms with Gasteiger partial charge in [0.15, 0.2) is 5.75 Å². The Hall–Kier alpha value is -3.21. The lowest BCUT2D eigenvalue weighted by atomic mass is 10.0. The molecule has 0 aliphatic heterocycles. The summed E-state index contributed by atoms with van der Waals surface area (Å²) >= 11 is 0. The van der Waals surface area contributed by atoms with Crippen LogP contribution in [0.1, 0.15) is 103 Å². The van der Waals surface area contributed by atoms with Crippen LogP contribution in [-0.4, -0.2) is 25.9 Å². The number of hydrogen-bond acceptors (Lipinski definition) is 4. The van der Waals surface area contributed by atoms with Crippen LogP contribution in [-0.2, 0) is 0 Å². The van der Waals surface area contributed by atoms with Crippen LogP contribution < -0.4 is 19.6 Å². The smallest absolute Gasteiger partial charge is 0.235 e. The highest BCUT2D eigenvalue weighted by Crippen LogP contribution is 2.36. The van der Waals surface area contributed by atoms with Gasteiger partial charge in [-0.25, -0.2) is 0 Å². The first-order valence-electron chi connectivity index (χ1n) is 15.8. The number of pyridine rings is 1. The van der Waals surface area contributed by atoms with Crippen molar-refractivity contribution in [2.24, 2.45) is 0 Å². The maximum atomic E-state index is 13.6. The highest BCUT2D eigenvalue weighted by molar-refractivity contribution is 5.93. The van der Waals surface area contributed by atoms with E-state index in [2.05, 4.69) is 19.2 Å². The molecule has 0 saturated carbocycles. The fraction of sp³-hybridized carbons (Fsp3) is 0.528. The number of nitrogens with zero attached hydrogens (tertiary/aromatic N) is 1. The van der Waals surface area contributed by atoms with E-state index in [9.17, 15) is 4.79 Å². The molecule has 0 N–H and O–H groups in total. The molecule has 1 aromatic heterocycles. The molecule has 0 saturated heterocycles. The average molecular weight is 562 g/mol. The van der Waals surface area contributed by atoms with Crippen molar-refractivity contribution in [3.05, 3.63) is 58.8 Å². The Labute approximate surface area is 247 Å². The molecule has 5 heteroatoms. The van der Waals surface area contributed by atoms with Crippen molar-refractivity contribution in [1.29, 1.82) is 0 Å². The molecule has 0 fully saturated rings. The molecule has 3 rings (SSSR count).